The van der Waals surface area contributed by atoms with Gasteiger partial charge < -0.3 is 0 Å². The van der Waals surface area contributed by atoms with E-state index < -0.39 is 11.1 Å². The zero-order valence-electron chi connectivity index (χ0n) is 10.9. The summed E-state index contributed by atoms with van der Waals surface area (Å²) < 4.78 is 0. The summed E-state index contributed by atoms with van der Waals surface area (Å²) in [4.78, 5) is 0. The van der Waals surface area contributed by atoms with Crippen molar-refractivity contribution < 1.29 is 0 Å². The van der Waals surface area contributed by atoms with Crippen molar-refractivity contribution in [1.29, 1.82) is 10.5 Å². The average Bonchev–Trinajstić information content (AvgIpc) is 2.24. The van der Waals surface area contributed by atoms with Crippen molar-refractivity contribution in [3.8, 4) is 12.1 Å². The van der Waals surface area contributed by atoms with Crippen LogP contribution in [0.15, 0.2) is 10.2 Å². The molecule has 0 aromatic heterocycles. The molecule has 0 saturated carbocycles. The Morgan fingerprint density at radius 3 is 1.19 bits per heavy atom. The fourth-order valence-corrected chi connectivity index (χ4v) is 0.742. The maximum atomic E-state index is 9.08. The second kappa shape index (κ2) is 5.07. The van der Waals surface area contributed by atoms with Crippen LogP contribution in [0.1, 0.15) is 41.5 Å². The fourth-order valence-electron chi connectivity index (χ4n) is 0.742. The van der Waals surface area contributed by atoms with Crippen molar-refractivity contribution >= 4 is 0 Å². The Kier molecular flexibility index (Phi) is 4.62. The van der Waals surface area contributed by atoms with Crippen molar-refractivity contribution in [1.82, 2.24) is 0 Å². The zero-order valence-corrected chi connectivity index (χ0v) is 10.9. The third-order valence-electron chi connectivity index (χ3n) is 3.17. The molecule has 2 unspecified atom stereocenters. The van der Waals surface area contributed by atoms with E-state index in [1.807, 2.05) is 27.7 Å². The number of hydrogen-bond donors (Lipinski definition) is 0. The highest BCUT2D eigenvalue weighted by atomic mass is 15.2. The molecule has 4 heteroatoms. The number of nitrogens with zero attached hydrogens (tertiary/aromatic N) is 4. The van der Waals surface area contributed by atoms with Crippen molar-refractivity contribution in [2.45, 2.75) is 52.6 Å². The topological polar surface area (TPSA) is 72.3 Å². The minimum absolute atomic E-state index is 0.0661. The number of rotatable bonds is 4. The first kappa shape index (κ1) is 14.6. The second-order valence-corrected chi connectivity index (χ2v) is 5.03. The maximum absolute atomic E-state index is 9.08. The van der Waals surface area contributed by atoms with E-state index in [0.29, 0.717) is 0 Å². The summed E-state index contributed by atoms with van der Waals surface area (Å²) >= 11 is 0. The molecule has 16 heavy (non-hydrogen) atoms. The lowest BCUT2D eigenvalue weighted by molar-refractivity contribution is 0.357. The summed E-state index contributed by atoms with van der Waals surface area (Å²) in [5.74, 6) is 0.132. The molecule has 0 aliphatic rings. The molecule has 4 nitrogen and oxygen atoms in total. The van der Waals surface area contributed by atoms with Crippen LogP contribution in [0.5, 0.6) is 0 Å². The Bertz CT molecular complexity index is 311. The van der Waals surface area contributed by atoms with Gasteiger partial charge in [0.1, 0.15) is 0 Å². The van der Waals surface area contributed by atoms with Crippen LogP contribution in [-0.4, -0.2) is 11.1 Å². The van der Waals surface area contributed by atoms with Crippen LogP contribution in [0.25, 0.3) is 0 Å². The molecule has 0 rings (SSSR count). The van der Waals surface area contributed by atoms with Gasteiger partial charge in [0.15, 0.2) is 11.1 Å². The van der Waals surface area contributed by atoms with Gasteiger partial charge in [-0.2, -0.15) is 20.8 Å². The molecular weight excluding hydrogens is 200 g/mol. The van der Waals surface area contributed by atoms with Gasteiger partial charge in [0.05, 0.1) is 12.1 Å². The SMILES string of the molecule is CC(C)C(C)(C#N)/N=N/C(C)(C#N)C(C)C. The largest absolute Gasteiger partial charge is 0.196 e. The predicted molar refractivity (Wildman–Crippen MR) is 62.6 cm³/mol. The summed E-state index contributed by atoms with van der Waals surface area (Å²) in [5, 5.41) is 26.3. The third-order valence-corrected chi connectivity index (χ3v) is 3.17. The molecule has 0 aromatic rings. The maximum Gasteiger partial charge on any atom is 0.167 e. The van der Waals surface area contributed by atoms with Crippen LogP contribution in [0, 0.1) is 34.5 Å². The molecule has 0 aromatic carbocycles. The van der Waals surface area contributed by atoms with Crippen LogP contribution in [0.2, 0.25) is 0 Å². The summed E-state index contributed by atoms with van der Waals surface area (Å²) in [6.07, 6.45) is 0. The van der Waals surface area contributed by atoms with E-state index in [1.54, 1.807) is 13.8 Å². The summed E-state index contributed by atoms with van der Waals surface area (Å²) in [6.45, 7) is 11.1. The lowest BCUT2D eigenvalue weighted by Crippen LogP contribution is -2.31. The highest BCUT2D eigenvalue weighted by Gasteiger charge is 2.32. The highest BCUT2D eigenvalue weighted by molar-refractivity contribution is 5.09. The van der Waals surface area contributed by atoms with Gasteiger partial charge in [-0.05, 0) is 25.7 Å². The van der Waals surface area contributed by atoms with Gasteiger partial charge in [-0.1, -0.05) is 27.7 Å². The summed E-state index contributed by atoms with van der Waals surface area (Å²) in [5.41, 5.74) is -1.71. The van der Waals surface area contributed by atoms with Gasteiger partial charge in [-0.15, -0.1) is 0 Å². The number of azo groups is 1. The van der Waals surface area contributed by atoms with E-state index in [1.165, 1.54) is 0 Å². The molecule has 0 bridgehead atoms. The zero-order chi connectivity index (χ0) is 13.0. The molecule has 2 atom stereocenters. The lowest BCUT2D eigenvalue weighted by Gasteiger charge is -2.24. The van der Waals surface area contributed by atoms with Crippen LogP contribution < -0.4 is 0 Å². The highest BCUT2D eigenvalue weighted by Crippen LogP contribution is 2.26. The van der Waals surface area contributed by atoms with E-state index in [9.17, 15) is 0 Å². The molecule has 0 aliphatic heterocycles. The summed E-state index contributed by atoms with van der Waals surface area (Å²) in [7, 11) is 0. The Hall–Kier alpha value is -1.42. The average molecular weight is 220 g/mol. The Labute approximate surface area is 98.0 Å². The van der Waals surface area contributed by atoms with Crippen LogP contribution in [-0.2, 0) is 0 Å². The standard InChI is InChI=1S/C12H20N4/c1-9(2)11(5,7-13)15-16-12(6,8-14)10(3)4/h9-10H,1-6H3/b16-15+. The number of hydrogen-bond acceptors (Lipinski definition) is 4. The van der Waals surface area contributed by atoms with Crippen molar-refractivity contribution in [2.24, 2.45) is 22.1 Å². The molecule has 0 spiro atoms. The molecule has 0 N–H and O–H groups in total. The molecule has 88 valence electrons. The van der Waals surface area contributed by atoms with E-state index in [2.05, 4.69) is 22.4 Å². The fraction of sp³-hybridized carbons (Fsp3) is 0.833. The second-order valence-electron chi connectivity index (χ2n) is 5.03. The molecule has 0 saturated heterocycles. The quantitative estimate of drug-likeness (QED) is 0.682. The number of nitriles is 2. The van der Waals surface area contributed by atoms with E-state index >= 15 is 0 Å². The van der Waals surface area contributed by atoms with Crippen molar-refractivity contribution in [3.05, 3.63) is 0 Å². The Morgan fingerprint density at radius 2 is 1.06 bits per heavy atom. The predicted octanol–water partition coefficient (Wildman–Crippen LogP) is 3.32. The smallest absolute Gasteiger partial charge is 0.167 e. The van der Waals surface area contributed by atoms with Crippen LogP contribution in [0.3, 0.4) is 0 Å². The monoisotopic (exact) mass is 220 g/mol. The van der Waals surface area contributed by atoms with Gasteiger partial charge >= 0.3 is 0 Å². The molecule has 0 fully saturated rings. The van der Waals surface area contributed by atoms with Gasteiger partial charge in [0, 0.05) is 0 Å². The van der Waals surface area contributed by atoms with E-state index in [-0.39, 0.29) is 11.8 Å². The molecule has 0 aliphatic carbocycles. The Morgan fingerprint density at radius 1 is 0.812 bits per heavy atom. The van der Waals surface area contributed by atoms with Gasteiger partial charge in [-0.25, -0.2) is 0 Å². The van der Waals surface area contributed by atoms with E-state index in [0.717, 1.165) is 0 Å². The van der Waals surface area contributed by atoms with Gasteiger partial charge in [0.2, 0.25) is 0 Å². The molecule has 0 heterocycles. The first-order valence-electron chi connectivity index (χ1n) is 5.48. The Balaban J connectivity index is 5.12. The summed E-state index contributed by atoms with van der Waals surface area (Å²) in [6, 6.07) is 4.29. The van der Waals surface area contributed by atoms with Gasteiger partial charge in [0.25, 0.3) is 0 Å². The lowest BCUT2D eigenvalue weighted by atomic mass is 9.90. The van der Waals surface area contributed by atoms with Crippen molar-refractivity contribution in [3.63, 3.8) is 0 Å². The minimum Gasteiger partial charge on any atom is -0.196 e. The first-order chi connectivity index (χ1) is 7.22. The normalized spacial score (nSPS) is 19.1. The first-order valence-corrected chi connectivity index (χ1v) is 5.48. The van der Waals surface area contributed by atoms with E-state index in [4.69, 9.17) is 10.5 Å². The van der Waals surface area contributed by atoms with Crippen molar-refractivity contribution in [2.75, 3.05) is 0 Å². The minimum atomic E-state index is -0.854. The third kappa shape index (κ3) is 3.03. The molecule has 0 radical (unpaired) electrons. The van der Waals surface area contributed by atoms with Gasteiger partial charge in [-0.3, -0.25) is 0 Å². The van der Waals surface area contributed by atoms with Crippen LogP contribution in [0.4, 0.5) is 0 Å². The van der Waals surface area contributed by atoms with Crippen LogP contribution >= 0.6 is 0 Å². The molecular formula is C12H20N4. The molecule has 0 amide bonds.